The molecule has 1 aromatic rings. The number of hydrogen-bond donors (Lipinski definition) is 2. The monoisotopic (exact) mass is 306 g/mol. The Hall–Kier alpha value is -1.59. The number of primary amides is 1. The number of amides is 1. The molecule has 3 N–H and O–H groups in total. The maximum Gasteiger partial charge on any atom is 0.220 e. The molecule has 0 aromatic heterocycles. The molecule has 5 heteroatoms. The van der Waals surface area contributed by atoms with Crippen LogP contribution >= 0.6 is 0 Å². The summed E-state index contributed by atoms with van der Waals surface area (Å²) in [4.78, 5) is 13.3. The summed E-state index contributed by atoms with van der Waals surface area (Å²) in [6.45, 7) is 6.50. The zero-order valence-electron chi connectivity index (χ0n) is 13.4. The average molecular weight is 306 g/mol. The molecule has 1 heterocycles. The molecule has 0 spiro atoms. The maximum absolute atomic E-state index is 11.1. The van der Waals surface area contributed by atoms with Gasteiger partial charge in [0.2, 0.25) is 5.91 Å². The zero-order valence-corrected chi connectivity index (χ0v) is 13.4. The lowest BCUT2D eigenvalue weighted by atomic mass is 9.96. The van der Waals surface area contributed by atoms with Gasteiger partial charge in [-0.1, -0.05) is 6.07 Å². The number of carbonyl (C=O) groups excluding carboxylic acids is 1. The smallest absolute Gasteiger partial charge is 0.220 e. The van der Waals surface area contributed by atoms with Crippen LogP contribution in [-0.4, -0.2) is 48.3 Å². The van der Waals surface area contributed by atoms with E-state index in [1.165, 1.54) is 0 Å². The molecule has 1 aromatic carbocycles. The molecular weight excluding hydrogens is 280 g/mol. The topological polar surface area (TPSA) is 75.8 Å². The highest BCUT2D eigenvalue weighted by Gasteiger charge is 2.24. The molecule has 122 valence electrons. The summed E-state index contributed by atoms with van der Waals surface area (Å²) in [6.07, 6.45) is 1.02. The van der Waals surface area contributed by atoms with Gasteiger partial charge in [-0.15, -0.1) is 0 Å². The molecule has 1 fully saturated rings. The Balaban J connectivity index is 1.74. The van der Waals surface area contributed by atoms with Crippen LogP contribution in [0, 0.1) is 19.8 Å². The summed E-state index contributed by atoms with van der Waals surface area (Å²) < 4.78 is 5.68. The Morgan fingerprint density at radius 2 is 1.91 bits per heavy atom. The molecule has 0 radical (unpaired) electrons. The van der Waals surface area contributed by atoms with E-state index in [-0.39, 0.29) is 18.4 Å². The molecule has 0 saturated carbocycles. The van der Waals surface area contributed by atoms with E-state index in [0.29, 0.717) is 6.54 Å². The van der Waals surface area contributed by atoms with E-state index < -0.39 is 6.10 Å². The van der Waals surface area contributed by atoms with E-state index in [9.17, 15) is 9.90 Å². The second-order valence-electron chi connectivity index (χ2n) is 6.27. The molecule has 0 bridgehead atoms. The van der Waals surface area contributed by atoms with Gasteiger partial charge in [-0.25, -0.2) is 0 Å². The predicted molar refractivity (Wildman–Crippen MR) is 85.8 cm³/mol. The lowest BCUT2D eigenvalue weighted by molar-refractivity contribution is -0.123. The van der Waals surface area contributed by atoms with Crippen molar-refractivity contribution < 1.29 is 14.6 Å². The first kappa shape index (κ1) is 16.8. The van der Waals surface area contributed by atoms with Gasteiger partial charge in [-0.05, 0) is 63.0 Å². The standard InChI is InChI=1S/C17H26N2O3/c1-12-7-13(2)9-16(8-12)22-11-15(20)10-19-5-3-14(4-6-19)17(18)21/h7-9,14-15,20H,3-6,10-11H2,1-2H3,(H2,18,21)/t15-/m0/s1. The second-order valence-corrected chi connectivity index (χ2v) is 6.27. The van der Waals surface area contributed by atoms with Gasteiger partial charge in [-0.2, -0.15) is 0 Å². The highest BCUT2D eigenvalue weighted by molar-refractivity contribution is 5.76. The molecule has 2 rings (SSSR count). The van der Waals surface area contributed by atoms with Gasteiger partial charge in [0, 0.05) is 12.5 Å². The number of β-amino-alcohol motifs (C(OH)–C–C–N with tert-alkyl or cyclic N) is 1. The van der Waals surface area contributed by atoms with Crippen LogP contribution in [0.3, 0.4) is 0 Å². The number of carbonyl (C=O) groups is 1. The Kier molecular flexibility index (Phi) is 5.80. The third-order valence-electron chi connectivity index (χ3n) is 4.10. The fourth-order valence-corrected chi connectivity index (χ4v) is 2.96. The summed E-state index contributed by atoms with van der Waals surface area (Å²) >= 11 is 0. The van der Waals surface area contributed by atoms with E-state index in [1.54, 1.807) is 0 Å². The predicted octanol–water partition coefficient (Wildman–Crippen LogP) is 1.24. The van der Waals surface area contributed by atoms with E-state index in [2.05, 4.69) is 11.0 Å². The van der Waals surface area contributed by atoms with Crippen molar-refractivity contribution in [2.24, 2.45) is 11.7 Å². The number of aryl methyl sites for hydroxylation is 2. The third kappa shape index (κ3) is 5.00. The first-order chi connectivity index (χ1) is 10.4. The Morgan fingerprint density at radius 3 is 2.45 bits per heavy atom. The van der Waals surface area contributed by atoms with Crippen LogP contribution in [0.2, 0.25) is 0 Å². The Labute approximate surface area is 132 Å². The van der Waals surface area contributed by atoms with Crippen LogP contribution in [0.4, 0.5) is 0 Å². The molecule has 1 aliphatic heterocycles. The van der Waals surface area contributed by atoms with Crippen LogP contribution in [0.25, 0.3) is 0 Å². The first-order valence-electron chi connectivity index (χ1n) is 7.85. The highest BCUT2D eigenvalue weighted by atomic mass is 16.5. The number of rotatable bonds is 6. The fraction of sp³-hybridized carbons (Fsp3) is 0.588. The SMILES string of the molecule is Cc1cc(C)cc(OC[C@@H](O)CN2CCC(C(N)=O)CC2)c1. The van der Waals surface area contributed by atoms with Gasteiger partial charge >= 0.3 is 0 Å². The van der Waals surface area contributed by atoms with Crippen LogP contribution in [-0.2, 0) is 4.79 Å². The molecule has 1 aliphatic rings. The largest absolute Gasteiger partial charge is 0.491 e. The minimum atomic E-state index is -0.536. The number of hydrogen-bond acceptors (Lipinski definition) is 4. The van der Waals surface area contributed by atoms with Crippen LogP contribution < -0.4 is 10.5 Å². The molecule has 22 heavy (non-hydrogen) atoms. The average Bonchev–Trinajstić information content (AvgIpc) is 2.45. The minimum absolute atomic E-state index is 0.0140. The highest BCUT2D eigenvalue weighted by Crippen LogP contribution is 2.18. The number of ether oxygens (including phenoxy) is 1. The van der Waals surface area contributed by atoms with Gasteiger partial charge in [0.05, 0.1) is 0 Å². The van der Waals surface area contributed by atoms with Crippen molar-refractivity contribution >= 4 is 5.91 Å². The number of aliphatic hydroxyl groups excluding tert-OH is 1. The maximum atomic E-state index is 11.1. The number of nitrogens with two attached hydrogens (primary N) is 1. The number of benzene rings is 1. The fourth-order valence-electron chi connectivity index (χ4n) is 2.96. The van der Waals surface area contributed by atoms with Crippen LogP contribution in [0.1, 0.15) is 24.0 Å². The number of piperidine rings is 1. The van der Waals surface area contributed by atoms with Crippen molar-refractivity contribution in [3.8, 4) is 5.75 Å². The summed E-state index contributed by atoms with van der Waals surface area (Å²) in [5.41, 5.74) is 7.63. The van der Waals surface area contributed by atoms with E-state index in [0.717, 1.165) is 42.8 Å². The van der Waals surface area contributed by atoms with Crippen molar-refractivity contribution in [1.82, 2.24) is 4.90 Å². The summed E-state index contributed by atoms with van der Waals surface area (Å²) in [5, 5.41) is 10.1. The van der Waals surface area contributed by atoms with Crippen molar-refractivity contribution in [3.05, 3.63) is 29.3 Å². The summed E-state index contributed by atoms with van der Waals surface area (Å²) in [6, 6.07) is 6.03. The molecule has 0 aliphatic carbocycles. The number of nitrogens with zero attached hydrogens (tertiary/aromatic N) is 1. The molecule has 1 saturated heterocycles. The molecule has 5 nitrogen and oxygen atoms in total. The molecular formula is C17H26N2O3. The van der Waals surface area contributed by atoms with Gasteiger partial charge in [0.15, 0.2) is 0 Å². The Bertz CT molecular complexity index is 490. The first-order valence-corrected chi connectivity index (χ1v) is 7.85. The number of aliphatic hydroxyl groups is 1. The van der Waals surface area contributed by atoms with Crippen molar-refractivity contribution in [1.29, 1.82) is 0 Å². The number of likely N-dealkylation sites (tertiary alicyclic amines) is 1. The Morgan fingerprint density at radius 1 is 1.32 bits per heavy atom. The summed E-state index contributed by atoms with van der Waals surface area (Å²) in [7, 11) is 0. The lowest BCUT2D eigenvalue weighted by Gasteiger charge is -2.31. The van der Waals surface area contributed by atoms with Crippen molar-refractivity contribution in [2.45, 2.75) is 32.8 Å². The lowest BCUT2D eigenvalue weighted by Crippen LogP contribution is -2.43. The van der Waals surface area contributed by atoms with E-state index >= 15 is 0 Å². The zero-order chi connectivity index (χ0) is 16.1. The van der Waals surface area contributed by atoms with Gasteiger partial charge in [0.1, 0.15) is 18.5 Å². The quantitative estimate of drug-likeness (QED) is 0.829. The van der Waals surface area contributed by atoms with E-state index in [1.807, 2.05) is 26.0 Å². The second kappa shape index (κ2) is 7.61. The van der Waals surface area contributed by atoms with E-state index in [4.69, 9.17) is 10.5 Å². The molecule has 0 unspecified atom stereocenters. The normalized spacial score (nSPS) is 18.1. The van der Waals surface area contributed by atoms with Gasteiger partial charge < -0.3 is 20.5 Å². The van der Waals surface area contributed by atoms with Crippen LogP contribution in [0.15, 0.2) is 18.2 Å². The van der Waals surface area contributed by atoms with Gasteiger partial charge in [0.25, 0.3) is 0 Å². The van der Waals surface area contributed by atoms with Crippen molar-refractivity contribution in [3.63, 3.8) is 0 Å². The minimum Gasteiger partial charge on any atom is -0.491 e. The van der Waals surface area contributed by atoms with Gasteiger partial charge in [-0.3, -0.25) is 4.79 Å². The third-order valence-corrected chi connectivity index (χ3v) is 4.10. The molecule has 1 atom stereocenters. The molecule has 1 amide bonds. The van der Waals surface area contributed by atoms with Crippen LogP contribution in [0.5, 0.6) is 5.75 Å². The van der Waals surface area contributed by atoms with Crippen molar-refractivity contribution in [2.75, 3.05) is 26.2 Å². The summed E-state index contributed by atoms with van der Waals surface area (Å²) in [5.74, 6) is 0.572.